The number of likely N-dealkylation sites (N-methyl/N-ethyl adjacent to an activating group) is 1. The van der Waals surface area contributed by atoms with Crippen LogP contribution in [0, 0.1) is 0 Å². The lowest BCUT2D eigenvalue weighted by molar-refractivity contribution is -0.120. The molecule has 3 aromatic rings. The number of carbonyl (C=O) groups is 1. The highest BCUT2D eigenvalue weighted by atomic mass is 35.5. The Balaban J connectivity index is 1.63. The van der Waals surface area contributed by atoms with Crippen LogP contribution in [0.2, 0.25) is 10.0 Å². The van der Waals surface area contributed by atoms with Gasteiger partial charge in [-0.1, -0.05) is 47.5 Å². The number of nitrogens with one attached hydrogen (secondary N) is 1. The predicted octanol–water partition coefficient (Wildman–Crippen LogP) is 4.64. The van der Waals surface area contributed by atoms with Crippen LogP contribution in [-0.2, 0) is 11.3 Å². The van der Waals surface area contributed by atoms with Gasteiger partial charge in [0, 0.05) is 18.3 Å². The smallest absolute Gasteiger partial charge is 0.241 e. The molecule has 1 aromatic heterocycles. The Hall–Kier alpha value is -2.34. The van der Waals surface area contributed by atoms with Crippen LogP contribution < -0.4 is 5.32 Å². The van der Waals surface area contributed by atoms with Gasteiger partial charge < -0.3 is 5.32 Å². The van der Waals surface area contributed by atoms with Crippen molar-refractivity contribution in [3.05, 3.63) is 76.5 Å². The van der Waals surface area contributed by atoms with Crippen LogP contribution in [-0.4, -0.2) is 33.7 Å². The minimum Gasteiger partial charge on any atom is -0.323 e. The number of carbonyl (C=O) groups excluding carboxylic acids is 1. The molecule has 0 aliphatic carbocycles. The molecule has 1 amide bonds. The molecule has 1 heterocycles. The molecular formula is C20H20Cl2N4O. The van der Waals surface area contributed by atoms with Crippen molar-refractivity contribution in [3.63, 3.8) is 0 Å². The summed E-state index contributed by atoms with van der Waals surface area (Å²) in [5, 5.41) is 7.97. The number of halogens is 2. The zero-order valence-electron chi connectivity index (χ0n) is 15.1. The van der Waals surface area contributed by atoms with Gasteiger partial charge in [-0.2, -0.15) is 5.10 Å². The third-order valence-electron chi connectivity index (χ3n) is 4.34. The van der Waals surface area contributed by atoms with Crippen molar-refractivity contribution in [1.29, 1.82) is 0 Å². The quantitative estimate of drug-likeness (QED) is 0.653. The van der Waals surface area contributed by atoms with E-state index in [9.17, 15) is 4.79 Å². The number of nitrogens with zero attached hydrogens (tertiary/aromatic N) is 3. The van der Waals surface area contributed by atoms with E-state index in [2.05, 4.69) is 10.4 Å². The van der Waals surface area contributed by atoms with Crippen molar-refractivity contribution in [3.8, 4) is 5.69 Å². The molecule has 0 radical (unpaired) electrons. The van der Waals surface area contributed by atoms with Crippen LogP contribution in [0.5, 0.6) is 0 Å². The first-order valence-electron chi connectivity index (χ1n) is 8.50. The van der Waals surface area contributed by atoms with E-state index in [-0.39, 0.29) is 11.9 Å². The molecule has 0 saturated heterocycles. The fraction of sp³-hybridized carbons (Fsp3) is 0.200. The molecule has 7 heteroatoms. The summed E-state index contributed by atoms with van der Waals surface area (Å²) in [7, 11) is 1.89. The number of rotatable bonds is 6. The average molecular weight is 403 g/mol. The molecular weight excluding hydrogens is 383 g/mol. The summed E-state index contributed by atoms with van der Waals surface area (Å²) in [6.07, 6.45) is 3.77. The summed E-state index contributed by atoms with van der Waals surface area (Å²) in [6, 6.07) is 14.7. The van der Waals surface area contributed by atoms with E-state index in [1.807, 2.05) is 66.3 Å². The first-order valence-corrected chi connectivity index (χ1v) is 9.25. The minimum absolute atomic E-state index is 0.155. The van der Waals surface area contributed by atoms with Crippen LogP contribution >= 0.6 is 23.2 Å². The van der Waals surface area contributed by atoms with Crippen molar-refractivity contribution in [2.75, 3.05) is 12.4 Å². The molecule has 0 bridgehead atoms. The first kappa shape index (κ1) is 19.4. The normalized spacial score (nSPS) is 12.2. The predicted molar refractivity (Wildman–Crippen MR) is 110 cm³/mol. The third-order valence-corrected chi connectivity index (χ3v) is 5.16. The largest absolute Gasteiger partial charge is 0.323 e. The van der Waals surface area contributed by atoms with Crippen molar-refractivity contribution in [1.82, 2.24) is 14.7 Å². The van der Waals surface area contributed by atoms with E-state index in [1.54, 1.807) is 18.2 Å². The monoisotopic (exact) mass is 402 g/mol. The topological polar surface area (TPSA) is 50.2 Å². The van der Waals surface area contributed by atoms with Crippen LogP contribution in [0.15, 0.2) is 60.9 Å². The Morgan fingerprint density at radius 3 is 2.67 bits per heavy atom. The molecule has 2 aromatic carbocycles. The molecule has 27 heavy (non-hydrogen) atoms. The molecule has 0 aliphatic heterocycles. The van der Waals surface area contributed by atoms with E-state index < -0.39 is 0 Å². The molecule has 1 unspecified atom stereocenters. The summed E-state index contributed by atoms with van der Waals surface area (Å²) in [5.41, 5.74) is 2.51. The van der Waals surface area contributed by atoms with Gasteiger partial charge in [-0.25, -0.2) is 4.68 Å². The zero-order valence-corrected chi connectivity index (χ0v) is 16.6. The number of hydrogen-bond donors (Lipinski definition) is 1. The lowest BCUT2D eigenvalue weighted by Gasteiger charge is -2.23. The number of amides is 1. The van der Waals surface area contributed by atoms with Gasteiger partial charge in [0.05, 0.1) is 33.7 Å². The number of para-hydroxylation sites is 1. The fourth-order valence-electron chi connectivity index (χ4n) is 2.63. The van der Waals surface area contributed by atoms with E-state index in [4.69, 9.17) is 23.2 Å². The minimum atomic E-state index is -0.361. The second-order valence-corrected chi connectivity index (χ2v) is 7.10. The van der Waals surface area contributed by atoms with E-state index in [0.29, 0.717) is 22.3 Å². The first-order chi connectivity index (χ1) is 13.0. The zero-order chi connectivity index (χ0) is 19.4. The second kappa shape index (κ2) is 8.57. The molecule has 1 N–H and O–H groups in total. The highest BCUT2D eigenvalue weighted by Crippen LogP contribution is 2.29. The Morgan fingerprint density at radius 1 is 1.19 bits per heavy atom. The van der Waals surface area contributed by atoms with Gasteiger partial charge in [0.1, 0.15) is 0 Å². The van der Waals surface area contributed by atoms with Crippen LogP contribution in [0.3, 0.4) is 0 Å². The summed E-state index contributed by atoms with van der Waals surface area (Å²) < 4.78 is 1.82. The molecule has 1 atom stereocenters. The molecule has 3 rings (SSSR count). The van der Waals surface area contributed by atoms with Gasteiger partial charge >= 0.3 is 0 Å². The summed E-state index contributed by atoms with van der Waals surface area (Å²) in [6.45, 7) is 2.43. The average Bonchev–Trinajstić information content (AvgIpc) is 3.14. The Labute approximate surface area is 168 Å². The fourth-order valence-corrected chi connectivity index (χ4v) is 2.97. The summed E-state index contributed by atoms with van der Waals surface area (Å²) >= 11 is 12.1. The van der Waals surface area contributed by atoms with Crippen molar-refractivity contribution >= 4 is 34.8 Å². The second-order valence-electron chi connectivity index (χ2n) is 6.31. The lowest BCUT2D eigenvalue weighted by atomic mass is 10.2. The Bertz CT molecular complexity index is 927. The standard InChI is InChI=1S/C20H20Cl2N4O/c1-14(20(27)24-18-10-6-9-17(21)19(18)22)25(2)12-15-11-23-26(13-15)16-7-4-3-5-8-16/h3-11,13-14H,12H2,1-2H3,(H,24,27). The van der Waals surface area contributed by atoms with Crippen molar-refractivity contribution in [2.24, 2.45) is 0 Å². The maximum absolute atomic E-state index is 12.6. The maximum atomic E-state index is 12.6. The molecule has 0 saturated carbocycles. The molecule has 140 valence electrons. The summed E-state index contributed by atoms with van der Waals surface area (Å²) in [4.78, 5) is 14.5. The Morgan fingerprint density at radius 2 is 1.93 bits per heavy atom. The molecule has 0 spiro atoms. The number of aromatic nitrogens is 2. The number of benzene rings is 2. The van der Waals surface area contributed by atoms with Gasteiger partial charge in [-0.15, -0.1) is 0 Å². The highest BCUT2D eigenvalue weighted by molar-refractivity contribution is 6.44. The van der Waals surface area contributed by atoms with Crippen molar-refractivity contribution < 1.29 is 4.79 Å². The van der Waals surface area contributed by atoms with Gasteiger partial charge in [-0.05, 0) is 38.2 Å². The third kappa shape index (κ3) is 4.69. The molecule has 0 fully saturated rings. The number of anilines is 1. The van der Waals surface area contributed by atoms with E-state index in [1.165, 1.54) is 0 Å². The Kier molecular flexibility index (Phi) is 6.16. The SMILES string of the molecule is CC(C(=O)Nc1cccc(Cl)c1Cl)N(C)Cc1cnn(-c2ccccc2)c1. The van der Waals surface area contributed by atoms with Crippen LogP contribution in [0.1, 0.15) is 12.5 Å². The maximum Gasteiger partial charge on any atom is 0.241 e. The van der Waals surface area contributed by atoms with Gasteiger partial charge in [-0.3, -0.25) is 9.69 Å². The lowest BCUT2D eigenvalue weighted by Crippen LogP contribution is -2.39. The van der Waals surface area contributed by atoms with E-state index in [0.717, 1.165) is 11.3 Å². The van der Waals surface area contributed by atoms with Crippen molar-refractivity contribution in [2.45, 2.75) is 19.5 Å². The van der Waals surface area contributed by atoms with Gasteiger partial charge in [0.25, 0.3) is 0 Å². The van der Waals surface area contributed by atoms with Gasteiger partial charge in [0.2, 0.25) is 5.91 Å². The molecule has 0 aliphatic rings. The van der Waals surface area contributed by atoms with Crippen LogP contribution in [0.4, 0.5) is 5.69 Å². The van der Waals surface area contributed by atoms with Crippen LogP contribution in [0.25, 0.3) is 5.69 Å². The summed E-state index contributed by atoms with van der Waals surface area (Å²) in [5.74, 6) is -0.155. The van der Waals surface area contributed by atoms with Gasteiger partial charge in [0.15, 0.2) is 0 Å². The number of hydrogen-bond acceptors (Lipinski definition) is 3. The van der Waals surface area contributed by atoms with E-state index >= 15 is 0 Å². The highest BCUT2D eigenvalue weighted by Gasteiger charge is 2.20. The molecule has 5 nitrogen and oxygen atoms in total.